The molecule has 31 heavy (non-hydrogen) atoms. The van der Waals surface area contributed by atoms with Gasteiger partial charge in [-0.05, 0) is 59.8 Å². The Bertz CT molecular complexity index is 1070. The number of ether oxygens (including phenoxy) is 1. The summed E-state index contributed by atoms with van der Waals surface area (Å²) < 4.78 is 18.4. The van der Waals surface area contributed by atoms with Crippen LogP contribution in [0.5, 0.6) is 5.75 Å². The van der Waals surface area contributed by atoms with E-state index in [1.54, 1.807) is 18.2 Å². The smallest absolute Gasteiger partial charge is 0.294 e. The lowest BCUT2D eigenvalue weighted by atomic mass is 10.2. The first-order valence-electron chi connectivity index (χ1n) is 8.82. The highest BCUT2D eigenvalue weighted by molar-refractivity contribution is 8.18. The number of halogens is 3. The van der Waals surface area contributed by atoms with Gasteiger partial charge in [0.1, 0.15) is 19.0 Å². The number of hydrogen-bond acceptors (Lipinski definition) is 5. The van der Waals surface area contributed by atoms with Crippen LogP contribution in [0.2, 0.25) is 10.0 Å². The van der Waals surface area contributed by atoms with E-state index in [1.165, 1.54) is 30.3 Å². The third-order valence-corrected chi connectivity index (χ3v) is 5.44. The van der Waals surface area contributed by atoms with Crippen molar-refractivity contribution in [3.8, 4) is 5.75 Å². The van der Waals surface area contributed by atoms with Crippen molar-refractivity contribution in [1.29, 1.82) is 0 Å². The van der Waals surface area contributed by atoms with Gasteiger partial charge in [-0.15, -0.1) is 0 Å². The number of benzene rings is 2. The number of rotatable bonds is 7. The molecule has 1 aliphatic heterocycles. The van der Waals surface area contributed by atoms with Crippen LogP contribution in [-0.4, -0.2) is 35.1 Å². The number of carbonyl (C=O) groups excluding carboxylic acids is 3. The fourth-order valence-electron chi connectivity index (χ4n) is 2.61. The Morgan fingerprint density at radius 2 is 1.84 bits per heavy atom. The van der Waals surface area contributed by atoms with E-state index in [0.717, 1.165) is 4.90 Å². The number of carbonyl (C=O) groups is 3. The van der Waals surface area contributed by atoms with E-state index in [-0.39, 0.29) is 27.3 Å². The van der Waals surface area contributed by atoms with Gasteiger partial charge in [0.2, 0.25) is 5.91 Å². The minimum Gasteiger partial charge on any atom is -0.486 e. The normalized spacial score (nSPS) is 14.8. The maximum atomic E-state index is 13.0. The molecule has 0 bridgehead atoms. The number of hydrogen-bond donors (Lipinski definition) is 1. The Morgan fingerprint density at radius 3 is 2.45 bits per heavy atom. The van der Waals surface area contributed by atoms with Crippen molar-refractivity contribution in [2.75, 3.05) is 18.5 Å². The van der Waals surface area contributed by atoms with Crippen molar-refractivity contribution in [1.82, 2.24) is 4.90 Å². The summed E-state index contributed by atoms with van der Waals surface area (Å²) in [6.07, 6.45) is 3.00. The Hall–Kier alpha value is -2.81. The number of amides is 3. The molecule has 1 aliphatic rings. The lowest BCUT2D eigenvalue weighted by Crippen LogP contribution is -2.36. The molecule has 0 spiro atoms. The van der Waals surface area contributed by atoms with Crippen LogP contribution in [-0.2, 0) is 9.59 Å². The van der Waals surface area contributed by atoms with Crippen LogP contribution < -0.4 is 10.1 Å². The molecular weight excluding hydrogens is 466 g/mol. The highest BCUT2D eigenvalue weighted by Gasteiger charge is 2.36. The quantitative estimate of drug-likeness (QED) is 0.425. The summed E-state index contributed by atoms with van der Waals surface area (Å²) in [6, 6.07) is 8.20. The zero-order chi connectivity index (χ0) is 22.5. The summed E-state index contributed by atoms with van der Waals surface area (Å²) in [6.45, 7) is 3.29. The lowest BCUT2D eigenvalue weighted by Gasteiger charge is -2.12. The average molecular weight is 481 g/mol. The van der Waals surface area contributed by atoms with Gasteiger partial charge < -0.3 is 10.1 Å². The second kappa shape index (κ2) is 10.00. The zero-order valence-corrected chi connectivity index (χ0v) is 18.2. The highest BCUT2D eigenvalue weighted by Crippen LogP contribution is 2.37. The van der Waals surface area contributed by atoms with Gasteiger partial charge in [0.25, 0.3) is 11.1 Å². The molecule has 160 valence electrons. The van der Waals surface area contributed by atoms with Crippen LogP contribution in [0, 0.1) is 5.82 Å². The maximum absolute atomic E-state index is 13.0. The molecule has 0 aliphatic carbocycles. The Kier molecular flexibility index (Phi) is 7.37. The molecule has 0 unspecified atom stereocenters. The second-order valence-electron chi connectivity index (χ2n) is 6.24. The van der Waals surface area contributed by atoms with Crippen molar-refractivity contribution >= 4 is 63.8 Å². The molecule has 0 atom stereocenters. The summed E-state index contributed by atoms with van der Waals surface area (Å²) in [5.41, 5.74) is 0.833. The third kappa shape index (κ3) is 5.66. The highest BCUT2D eigenvalue weighted by atomic mass is 35.5. The van der Waals surface area contributed by atoms with Gasteiger partial charge in [-0.1, -0.05) is 35.9 Å². The van der Waals surface area contributed by atoms with Crippen LogP contribution >= 0.6 is 35.0 Å². The first-order valence-corrected chi connectivity index (χ1v) is 10.4. The van der Waals surface area contributed by atoms with Crippen LogP contribution in [0.25, 0.3) is 6.08 Å². The molecule has 6 nitrogen and oxygen atoms in total. The molecule has 3 rings (SSSR count). The predicted molar refractivity (Wildman–Crippen MR) is 120 cm³/mol. The van der Waals surface area contributed by atoms with Gasteiger partial charge >= 0.3 is 0 Å². The van der Waals surface area contributed by atoms with Crippen LogP contribution in [0.3, 0.4) is 0 Å². The van der Waals surface area contributed by atoms with Crippen molar-refractivity contribution in [3.63, 3.8) is 0 Å². The van der Waals surface area contributed by atoms with Gasteiger partial charge in [0, 0.05) is 5.69 Å². The first-order chi connectivity index (χ1) is 14.8. The number of nitrogens with one attached hydrogen (secondary N) is 1. The molecule has 0 saturated carbocycles. The lowest BCUT2D eigenvalue weighted by molar-refractivity contribution is -0.127. The van der Waals surface area contributed by atoms with Crippen molar-refractivity contribution in [2.24, 2.45) is 0 Å². The van der Waals surface area contributed by atoms with Gasteiger partial charge in [0.05, 0.1) is 15.0 Å². The van der Waals surface area contributed by atoms with Gasteiger partial charge in [-0.25, -0.2) is 4.39 Å². The molecule has 2 aromatic rings. The van der Waals surface area contributed by atoms with Crippen LogP contribution in [0.15, 0.2) is 54.0 Å². The molecular formula is C21H15Cl2FN2O4S. The summed E-state index contributed by atoms with van der Waals surface area (Å²) >= 11 is 13.1. The van der Waals surface area contributed by atoms with E-state index in [0.29, 0.717) is 23.0 Å². The minimum absolute atomic E-state index is 0.117. The molecule has 2 aromatic carbocycles. The SMILES string of the molecule is C=CCOc1c(Cl)cc(/C=C2\SC(=O)N(CC(=O)Nc3ccc(F)cc3)C2=O)cc1Cl. The molecule has 1 saturated heterocycles. The molecule has 10 heteroatoms. The zero-order valence-electron chi connectivity index (χ0n) is 15.9. The fourth-order valence-corrected chi connectivity index (χ4v) is 4.06. The topological polar surface area (TPSA) is 75.7 Å². The Morgan fingerprint density at radius 1 is 1.19 bits per heavy atom. The van der Waals surface area contributed by atoms with Crippen molar-refractivity contribution in [3.05, 3.63) is 75.4 Å². The molecule has 1 N–H and O–H groups in total. The maximum Gasteiger partial charge on any atom is 0.294 e. The van der Waals surface area contributed by atoms with E-state index in [4.69, 9.17) is 27.9 Å². The number of thioether (sulfide) groups is 1. The molecule has 1 fully saturated rings. The number of nitrogens with zero attached hydrogens (tertiary/aromatic N) is 1. The van der Waals surface area contributed by atoms with E-state index >= 15 is 0 Å². The minimum atomic E-state index is -0.622. The third-order valence-electron chi connectivity index (χ3n) is 3.97. The van der Waals surface area contributed by atoms with E-state index in [9.17, 15) is 18.8 Å². The van der Waals surface area contributed by atoms with E-state index in [2.05, 4.69) is 11.9 Å². The number of imide groups is 1. The van der Waals surface area contributed by atoms with Crippen LogP contribution in [0.1, 0.15) is 5.56 Å². The largest absolute Gasteiger partial charge is 0.486 e. The molecule has 0 radical (unpaired) electrons. The van der Waals surface area contributed by atoms with Crippen LogP contribution in [0.4, 0.5) is 14.9 Å². The average Bonchev–Trinajstić information content (AvgIpc) is 2.96. The summed E-state index contributed by atoms with van der Waals surface area (Å²) in [5, 5.41) is 2.38. The molecule has 0 aromatic heterocycles. The predicted octanol–water partition coefficient (Wildman–Crippen LogP) is 5.37. The molecule has 3 amide bonds. The first kappa shape index (κ1) is 22.9. The van der Waals surface area contributed by atoms with E-state index < -0.39 is 29.4 Å². The van der Waals surface area contributed by atoms with Crippen molar-refractivity contribution in [2.45, 2.75) is 0 Å². The summed E-state index contributed by atoms with van der Waals surface area (Å²) in [4.78, 5) is 38.0. The van der Waals surface area contributed by atoms with Gasteiger partial charge in [0.15, 0.2) is 5.75 Å². The summed E-state index contributed by atoms with van der Waals surface area (Å²) in [5.74, 6) is -1.38. The van der Waals surface area contributed by atoms with Gasteiger partial charge in [-0.3, -0.25) is 19.3 Å². The van der Waals surface area contributed by atoms with Gasteiger partial charge in [-0.2, -0.15) is 0 Å². The fraction of sp³-hybridized carbons (Fsp3) is 0.0952. The Labute approximate surface area is 191 Å². The van der Waals surface area contributed by atoms with Crippen molar-refractivity contribution < 1.29 is 23.5 Å². The summed E-state index contributed by atoms with van der Waals surface area (Å²) in [7, 11) is 0. The van der Waals surface area contributed by atoms with E-state index in [1.807, 2.05) is 0 Å². The standard InChI is InChI=1S/C21H15Cl2FN2O4S/c1-2-7-30-19-15(22)8-12(9-16(19)23)10-17-20(28)26(21(29)31-17)11-18(27)25-14-5-3-13(24)4-6-14/h2-6,8-10H,1,7,11H2,(H,25,27)/b17-10-. The second-order valence-corrected chi connectivity index (χ2v) is 8.04. The molecule has 1 heterocycles. The monoisotopic (exact) mass is 480 g/mol. The number of anilines is 1. The Balaban J connectivity index is 1.72.